The highest BCUT2D eigenvalue weighted by atomic mass is 16.5. The van der Waals surface area contributed by atoms with Gasteiger partial charge in [0.2, 0.25) is 5.91 Å². The molecule has 0 radical (unpaired) electrons. The molecule has 1 fully saturated rings. The fourth-order valence-corrected chi connectivity index (χ4v) is 4.31. The molecule has 1 saturated heterocycles. The number of ether oxygens (including phenoxy) is 2. The summed E-state index contributed by atoms with van der Waals surface area (Å²) in [4.78, 5) is 17.3. The molecule has 2 heterocycles. The minimum Gasteiger partial charge on any atom is -0.494 e. The van der Waals surface area contributed by atoms with E-state index < -0.39 is 0 Å². The molecule has 2 aliphatic rings. The van der Waals surface area contributed by atoms with Gasteiger partial charge in [0.05, 0.1) is 13.2 Å². The van der Waals surface area contributed by atoms with Crippen LogP contribution in [0.3, 0.4) is 0 Å². The molecule has 0 saturated carbocycles. The molecule has 0 spiro atoms. The molecule has 4 rings (SSSR count). The Hall–Kier alpha value is -2.57. The summed E-state index contributed by atoms with van der Waals surface area (Å²) in [5.74, 6) is 1.80. The highest BCUT2D eigenvalue weighted by molar-refractivity contribution is 5.78. The lowest BCUT2D eigenvalue weighted by Crippen LogP contribution is -2.49. The molecule has 166 valence electrons. The molecular weight excluding hydrogens is 390 g/mol. The first kappa shape index (κ1) is 21.7. The van der Waals surface area contributed by atoms with Gasteiger partial charge in [-0.1, -0.05) is 30.3 Å². The summed E-state index contributed by atoms with van der Waals surface area (Å²) in [6.45, 7) is 10.3. The number of piperazine rings is 1. The highest BCUT2D eigenvalue weighted by Gasteiger charge is 2.23. The normalized spacial score (nSPS) is 19.0. The quantitative estimate of drug-likeness (QED) is 0.708. The fraction of sp³-hybridized carbons (Fsp3) is 0.480. The fourth-order valence-electron chi connectivity index (χ4n) is 4.31. The predicted molar refractivity (Wildman–Crippen MR) is 121 cm³/mol. The second-order valence-corrected chi connectivity index (χ2v) is 8.45. The second-order valence-electron chi connectivity index (χ2n) is 8.45. The molecule has 0 aliphatic carbocycles. The third-order valence-electron chi connectivity index (χ3n) is 5.94. The molecule has 1 N–H and O–H groups in total. The Balaban J connectivity index is 1.25. The molecule has 0 bridgehead atoms. The van der Waals surface area contributed by atoms with Crippen LogP contribution in [0.4, 0.5) is 0 Å². The number of hydrogen-bond donors (Lipinski definition) is 1. The molecule has 0 unspecified atom stereocenters. The van der Waals surface area contributed by atoms with E-state index in [4.69, 9.17) is 9.47 Å². The third-order valence-corrected chi connectivity index (χ3v) is 5.94. The van der Waals surface area contributed by atoms with Crippen LogP contribution in [0.1, 0.15) is 30.5 Å². The van der Waals surface area contributed by atoms with Crippen molar-refractivity contribution in [3.63, 3.8) is 0 Å². The Bertz CT molecular complexity index is 879. The smallest absolute Gasteiger partial charge is 0.234 e. The number of amides is 1. The SMILES string of the molecule is CCOc1cc2c(cc1CNC(=O)CN1CCN(Cc3ccccc3)CC1)O[C@@H](C)C2. The van der Waals surface area contributed by atoms with Gasteiger partial charge < -0.3 is 14.8 Å². The summed E-state index contributed by atoms with van der Waals surface area (Å²) in [5, 5.41) is 3.07. The molecule has 6 nitrogen and oxygen atoms in total. The van der Waals surface area contributed by atoms with Crippen molar-refractivity contribution in [2.24, 2.45) is 0 Å². The van der Waals surface area contributed by atoms with Gasteiger partial charge in [0.15, 0.2) is 0 Å². The van der Waals surface area contributed by atoms with Crippen molar-refractivity contribution >= 4 is 5.91 Å². The van der Waals surface area contributed by atoms with E-state index in [2.05, 4.69) is 52.4 Å². The lowest BCUT2D eigenvalue weighted by atomic mass is 10.1. The first-order valence-corrected chi connectivity index (χ1v) is 11.3. The highest BCUT2D eigenvalue weighted by Crippen LogP contribution is 2.35. The number of fused-ring (bicyclic) bond motifs is 1. The van der Waals surface area contributed by atoms with Crippen LogP contribution < -0.4 is 14.8 Å². The number of carbonyl (C=O) groups excluding carboxylic acids is 1. The van der Waals surface area contributed by atoms with Gasteiger partial charge in [0.25, 0.3) is 0 Å². The van der Waals surface area contributed by atoms with Crippen molar-refractivity contribution < 1.29 is 14.3 Å². The molecule has 6 heteroatoms. The largest absolute Gasteiger partial charge is 0.494 e. The molecule has 2 aliphatic heterocycles. The summed E-state index contributed by atoms with van der Waals surface area (Å²) in [5.41, 5.74) is 3.49. The number of hydrogen-bond acceptors (Lipinski definition) is 5. The summed E-state index contributed by atoms with van der Waals surface area (Å²) in [6, 6.07) is 14.6. The van der Waals surface area contributed by atoms with Gasteiger partial charge in [0.1, 0.15) is 17.6 Å². The summed E-state index contributed by atoms with van der Waals surface area (Å²) < 4.78 is 11.7. The Morgan fingerprint density at radius 3 is 2.61 bits per heavy atom. The summed E-state index contributed by atoms with van der Waals surface area (Å²) >= 11 is 0. The van der Waals surface area contributed by atoms with Gasteiger partial charge in [-0.3, -0.25) is 14.6 Å². The lowest BCUT2D eigenvalue weighted by Gasteiger charge is -2.34. The standard InChI is InChI=1S/C25H33N3O3/c1-3-30-23-14-21-13-19(2)31-24(21)15-22(23)16-26-25(29)18-28-11-9-27(10-12-28)17-20-7-5-4-6-8-20/h4-8,14-15,19H,3,9-13,16-18H2,1-2H3,(H,26,29)/t19-/m0/s1. The van der Waals surface area contributed by atoms with Gasteiger partial charge >= 0.3 is 0 Å². The molecule has 2 aromatic carbocycles. The Labute approximate surface area is 185 Å². The van der Waals surface area contributed by atoms with E-state index >= 15 is 0 Å². The van der Waals surface area contributed by atoms with E-state index in [9.17, 15) is 4.79 Å². The number of nitrogens with one attached hydrogen (secondary N) is 1. The van der Waals surface area contributed by atoms with Crippen molar-refractivity contribution in [3.05, 3.63) is 59.2 Å². The molecule has 2 aromatic rings. The van der Waals surface area contributed by atoms with Crippen LogP contribution in [0.25, 0.3) is 0 Å². The van der Waals surface area contributed by atoms with E-state index in [1.54, 1.807) is 0 Å². The first-order chi connectivity index (χ1) is 15.1. The Morgan fingerprint density at radius 2 is 1.87 bits per heavy atom. The van der Waals surface area contributed by atoms with Gasteiger partial charge in [-0.25, -0.2) is 0 Å². The van der Waals surface area contributed by atoms with Gasteiger partial charge in [-0.05, 0) is 31.5 Å². The van der Waals surface area contributed by atoms with Crippen molar-refractivity contribution in [1.29, 1.82) is 0 Å². The van der Waals surface area contributed by atoms with Crippen molar-refractivity contribution in [1.82, 2.24) is 15.1 Å². The van der Waals surface area contributed by atoms with Crippen LogP contribution in [0.2, 0.25) is 0 Å². The number of rotatable bonds is 8. The lowest BCUT2D eigenvalue weighted by molar-refractivity contribution is -0.122. The van der Waals surface area contributed by atoms with Gasteiger partial charge in [-0.15, -0.1) is 0 Å². The molecule has 31 heavy (non-hydrogen) atoms. The number of nitrogens with zero attached hydrogens (tertiary/aromatic N) is 2. The van der Waals surface area contributed by atoms with Crippen molar-refractivity contribution in [2.75, 3.05) is 39.3 Å². The monoisotopic (exact) mass is 423 g/mol. The van der Waals surface area contributed by atoms with Crippen LogP contribution in [0.5, 0.6) is 11.5 Å². The van der Waals surface area contributed by atoms with Crippen LogP contribution in [0.15, 0.2) is 42.5 Å². The topological polar surface area (TPSA) is 54.0 Å². The third kappa shape index (κ3) is 5.77. The van der Waals surface area contributed by atoms with Crippen molar-refractivity contribution in [3.8, 4) is 11.5 Å². The number of benzene rings is 2. The number of carbonyl (C=O) groups is 1. The maximum atomic E-state index is 12.6. The van der Waals surface area contributed by atoms with E-state index in [-0.39, 0.29) is 12.0 Å². The van der Waals surface area contributed by atoms with Crippen molar-refractivity contribution in [2.45, 2.75) is 39.5 Å². The second kappa shape index (κ2) is 10.2. The zero-order chi connectivity index (χ0) is 21.6. The van der Waals surface area contributed by atoms with Gasteiger partial charge in [0, 0.05) is 56.8 Å². The van der Waals surface area contributed by atoms with Crippen LogP contribution in [-0.2, 0) is 24.3 Å². The Kier molecular flexibility index (Phi) is 7.10. The van der Waals surface area contributed by atoms with Crippen LogP contribution in [-0.4, -0.2) is 61.1 Å². The van der Waals surface area contributed by atoms with E-state index in [0.29, 0.717) is 19.7 Å². The van der Waals surface area contributed by atoms with Gasteiger partial charge in [-0.2, -0.15) is 0 Å². The average Bonchev–Trinajstić information content (AvgIpc) is 3.13. The maximum Gasteiger partial charge on any atom is 0.234 e. The minimum absolute atomic E-state index is 0.0498. The van der Waals surface area contributed by atoms with Crippen LogP contribution in [0, 0.1) is 0 Å². The molecule has 1 atom stereocenters. The zero-order valence-electron chi connectivity index (χ0n) is 18.6. The molecular formula is C25H33N3O3. The molecule has 1 amide bonds. The zero-order valence-corrected chi connectivity index (χ0v) is 18.6. The maximum absolute atomic E-state index is 12.6. The Morgan fingerprint density at radius 1 is 1.13 bits per heavy atom. The molecule has 0 aromatic heterocycles. The first-order valence-electron chi connectivity index (χ1n) is 11.3. The van der Waals surface area contributed by atoms with E-state index in [0.717, 1.165) is 56.2 Å². The summed E-state index contributed by atoms with van der Waals surface area (Å²) in [6.07, 6.45) is 1.09. The average molecular weight is 424 g/mol. The van der Waals surface area contributed by atoms with E-state index in [1.807, 2.05) is 19.1 Å². The minimum atomic E-state index is 0.0498. The predicted octanol–water partition coefficient (Wildman–Crippen LogP) is 2.84. The van der Waals surface area contributed by atoms with E-state index in [1.165, 1.54) is 11.1 Å². The summed E-state index contributed by atoms with van der Waals surface area (Å²) in [7, 11) is 0. The van der Waals surface area contributed by atoms with Crippen LogP contribution >= 0.6 is 0 Å².